The van der Waals surface area contributed by atoms with E-state index in [4.69, 9.17) is 27.9 Å². The molecule has 8 heteroatoms. The minimum absolute atomic E-state index is 0.00425. The van der Waals surface area contributed by atoms with Gasteiger partial charge in [-0.1, -0.05) is 77.8 Å². The lowest BCUT2D eigenvalue weighted by Gasteiger charge is -2.45. The van der Waals surface area contributed by atoms with Crippen molar-refractivity contribution in [2.45, 2.75) is 43.7 Å². The summed E-state index contributed by atoms with van der Waals surface area (Å²) in [6.45, 7) is 5.65. The van der Waals surface area contributed by atoms with Crippen LogP contribution in [0.25, 0.3) is 0 Å². The smallest absolute Gasteiger partial charge is 0.253 e. The van der Waals surface area contributed by atoms with Crippen molar-refractivity contribution in [2.24, 2.45) is 0 Å². The second-order valence-electron chi connectivity index (χ2n) is 11.1. The Kier molecular flexibility index (Phi) is 9.35. The maximum absolute atomic E-state index is 13.4. The minimum atomic E-state index is -0.684. The molecule has 41 heavy (non-hydrogen) atoms. The van der Waals surface area contributed by atoms with Gasteiger partial charge < -0.3 is 19.9 Å². The molecule has 2 heterocycles. The van der Waals surface area contributed by atoms with Gasteiger partial charge in [0, 0.05) is 38.7 Å². The van der Waals surface area contributed by atoms with Crippen LogP contribution >= 0.6 is 23.2 Å². The van der Waals surface area contributed by atoms with Crippen molar-refractivity contribution in [1.29, 1.82) is 0 Å². The first kappa shape index (κ1) is 29.6. The van der Waals surface area contributed by atoms with E-state index in [-0.39, 0.29) is 17.4 Å². The fourth-order valence-electron chi connectivity index (χ4n) is 6.28. The number of ether oxygens (including phenoxy) is 1. The van der Waals surface area contributed by atoms with E-state index in [1.165, 1.54) is 0 Å². The molecule has 6 nitrogen and oxygen atoms in total. The van der Waals surface area contributed by atoms with Crippen LogP contribution in [0.4, 0.5) is 0 Å². The number of likely N-dealkylation sites (tertiary alicyclic amines) is 2. The Morgan fingerprint density at radius 3 is 2.20 bits per heavy atom. The molecule has 216 valence electrons. The molecule has 2 amide bonds. The van der Waals surface area contributed by atoms with Gasteiger partial charge in [-0.05, 0) is 61.1 Å². The highest BCUT2D eigenvalue weighted by molar-refractivity contribution is 6.42. The molecule has 2 fully saturated rings. The number of carbonyl (C=O) groups is 2. The molecule has 3 aromatic carbocycles. The second-order valence-corrected chi connectivity index (χ2v) is 12.0. The number of benzene rings is 3. The Labute approximate surface area is 252 Å². The zero-order valence-corrected chi connectivity index (χ0v) is 25.0. The van der Waals surface area contributed by atoms with Crippen molar-refractivity contribution < 1.29 is 14.3 Å². The number of carbonyl (C=O) groups excluding carboxylic acids is 2. The summed E-state index contributed by atoms with van der Waals surface area (Å²) < 4.78 is 6.76. The number of nitrogens with one attached hydrogen (secondary N) is 1. The lowest BCUT2D eigenvalue weighted by Crippen LogP contribution is -2.53. The molecule has 1 unspecified atom stereocenters. The van der Waals surface area contributed by atoms with Gasteiger partial charge in [0.25, 0.3) is 5.91 Å². The van der Waals surface area contributed by atoms with Gasteiger partial charge in [-0.2, -0.15) is 0 Å². The molecule has 1 atom stereocenters. The van der Waals surface area contributed by atoms with Crippen LogP contribution in [0, 0.1) is 0 Å². The number of halogens is 2. The lowest BCUT2D eigenvalue weighted by atomic mass is 9.80. The van der Waals surface area contributed by atoms with E-state index in [0.717, 1.165) is 56.4 Å². The quantitative estimate of drug-likeness (QED) is 0.334. The van der Waals surface area contributed by atoms with E-state index in [1.807, 2.05) is 65.6 Å². The first-order chi connectivity index (χ1) is 19.8. The van der Waals surface area contributed by atoms with E-state index in [2.05, 4.69) is 22.3 Å². The zero-order valence-electron chi connectivity index (χ0n) is 23.5. The summed E-state index contributed by atoms with van der Waals surface area (Å²) in [5.41, 5.74) is 1.72. The number of nitrogens with zero attached hydrogens (tertiary/aromatic N) is 2. The number of amides is 2. The van der Waals surface area contributed by atoms with E-state index >= 15 is 0 Å². The highest BCUT2D eigenvalue weighted by atomic mass is 35.5. The van der Waals surface area contributed by atoms with Crippen molar-refractivity contribution in [3.05, 3.63) is 106 Å². The molecular formula is C33H37Cl2N3O3. The molecule has 2 aliphatic heterocycles. The third kappa shape index (κ3) is 6.78. The van der Waals surface area contributed by atoms with Crippen LogP contribution < -0.4 is 5.32 Å². The van der Waals surface area contributed by atoms with E-state index in [0.29, 0.717) is 35.3 Å². The van der Waals surface area contributed by atoms with Crippen LogP contribution in [0.2, 0.25) is 10.0 Å². The number of rotatable bonds is 8. The number of piperidine rings is 2. The molecule has 3 aromatic rings. The van der Waals surface area contributed by atoms with Crippen LogP contribution in [0.15, 0.2) is 78.9 Å². The van der Waals surface area contributed by atoms with Gasteiger partial charge in [0.15, 0.2) is 0 Å². The van der Waals surface area contributed by atoms with Gasteiger partial charge in [-0.3, -0.25) is 9.59 Å². The van der Waals surface area contributed by atoms with Gasteiger partial charge in [0.2, 0.25) is 5.91 Å². The van der Waals surface area contributed by atoms with Crippen LogP contribution in [0.5, 0.6) is 0 Å². The molecule has 1 N–H and O–H groups in total. The summed E-state index contributed by atoms with van der Waals surface area (Å²) in [4.78, 5) is 29.8. The number of hydrogen-bond donors (Lipinski definition) is 1. The Bertz CT molecular complexity index is 1350. The first-order valence-electron chi connectivity index (χ1n) is 14.3. The Balaban J connectivity index is 1.29. The Hall–Kier alpha value is -2.90. The van der Waals surface area contributed by atoms with Gasteiger partial charge >= 0.3 is 0 Å². The van der Waals surface area contributed by atoms with Crippen LogP contribution in [-0.2, 0) is 20.7 Å². The molecule has 0 radical (unpaired) electrons. The third-order valence-corrected chi connectivity index (χ3v) is 9.18. The minimum Gasteiger partial charge on any atom is -0.367 e. The lowest BCUT2D eigenvalue weighted by molar-refractivity contribution is -0.122. The monoisotopic (exact) mass is 593 g/mol. The summed E-state index contributed by atoms with van der Waals surface area (Å²) in [5, 5.41) is 4.22. The fourth-order valence-corrected chi connectivity index (χ4v) is 6.58. The van der Waals surface area contributed by atoms with Crippen molar-refractivity contribution in [1.82, 2.24) is 15.1 Å². The molecule has 0 saturated carbocycles. The SMILES string of the molecule is CC(=O)NC1(c2ccccc2)CCN(CCOC2(c3ccc(Cl)c(Cl)c3)CCCN(C(=O)c3ccccc3)C2)CC1. The maximum Gasteiger partial charge on any atom is 0.253 e. The van der Waals surface area contributed by atoms with Crippen molar-refractivity contribution in [3.8, 4) is 0 Å². The average Bonchev–Trinajstić information content (AvgIpc) is 3.00. The summed E-state index contributed by atoms with van der Waals surface area (Å²) in [7, 11) is 0. The van der Waals surface area contributed by atoms with Gasteiger partial charge in [-0.25, -0.2) is 0 Å². The highest BCUT2D eigenvalue weighted by Gasteiger charge is 2.41. The fraction of sp³-hybridized carbons (Fsp3) is 0.394. The molecule has 2 aliphatic rings. The molecular weight excluding hydrogens is 557 g/mol. The van der Waals surface area contributed by atoms with E-state index in [1.54, 1.807) is 13.0 Å². The van der Waals surface area contributed by atoms with Crippen molar-refractivity contribution in [2.75, 3.05) is 39.3 Å². The predicted molar refractivity (Wildman–Crippen MR) is 163 cm³/mol. The molecule has 5 rings (SSSR count). The molecule has 0 aliphatic carbocycles. The van der Waals surface area contributed by atoms with Crippen molar-refractivity contribution in [3.63, 3.8) is 0 Å². The first-order valence-corrected chi connectivity index (χ1v) is 15.1. The van der Waals surface area contributed by atoms with Crippen LogP contribution in [0.3, 0.4) is 0 Å². The number of hydrogen-bond acceptors (Lipinski definition) is 4. The summed E-state index contributed by atoms with van der Waals surface area (Å²) in [5.74, 6) is -0.00862. The summed E-state index contributed by atoms with van der Waals surface area (Å²) >= 11 is 12.7. The average molecular weight is 595 g/mol. The second kappa shape index (κ2) is 13.0. The van der Waals surface area contributed by atoms with Gasteiger partial charge in [-0.15, -0.1) is 0 Å². The third-order valence-electron chi connectivity index (χ3n) is 8.45. The van der Waals surface area contributed by atoms with E-state index < -0.39 is 5.60 Å². The van der Waals surface area contributed by atoms with Crippen LogP contribution in [0.1, 0.15) is 54.1 Å². The van der Waals surface area contributed by atoms with Crippen LogP contribution in [-0.4, -0.2) is 60.9 Å². The molecule has 2 saturated heterocycles. The van der Waals surface area contributed by atoms with Gasteiger partial charge in [0.1, 0.15) is 5.60 Å². The topological polar surface area (TPSA) is 61.9 Å². The van der Waals surface area contributed by atoms with Crippen molar-refractivity contribution >= 4 is 35.0 Å². The standard InChI is InChI=1S/C33H37Cl2N3O3/c1-25(39)36-32(27-11-6-3-7-12-27)16-19-37(20-17-32)21-22-41-33(28-13-14-29(34)30(35)23-28)15-8-18-38(24-33)31(40)26-9-4-2-5-10-26/h2-7,9-14,23H,8,15-22,24H2,1H3,(H,36,39). The molecule has 0 spiro atoms. The highest BCUT2D eigenvalue weighted by Crippen LogP contribution is 2.39. The zero-order chi connectivity index (χ0) is 28.9. The maximum atomic E-state index is 13.4. The molecule has 0 bridgehead atoms. The largest absolute Gasteiger partial charge is 0.367 e. The summed E-state index contributed by atoms with van der Waals surface area (Å²) in [6, 6.07) is 25.3. The predicted octanol–water partition coefficient (Wildman–Crippen LogP) is 6.27. The normalized spacial score (nSPS) is 20.9. The summed E-state index contributed by atoms with van der Waals surface area (Å²) in [6.07, 6.45) is 3.25. The Morgan fingerprint density at radius 2 is 1.54 bits per heavy atom. The van der Waals surface area contributed by atoms with Gasteiger partial charge in [0.05, 0.1) is 28.7 Å². The van der Waals surface area contributed by atoms with E-state index in [9.17, 15) is 9.59 Å². The molecule has 0 aromatic heterocycles. The Morgan fingerprint density at radius 1 is 0.854 bits per heavy atom.